The molecular weight excluding hydrogens is 220 g/mol. The standard InChI is InChI=1S/C11H20N4S/c1-9(2)15(11-14-13-8-16-11)7-10-4-3-5-12-6-10/h8-10,12H,3-7H2,1-2H3. The number of hydrogen-bond donors (Lipinski definition) is 1. The fourth-order valence-corrected chi connectivity index (χ4v) is 2.86. The van der Waals surface area contributed by atoms with Crippen LogP contribution in [0.2, 0.25) is 0 Å². The molecule has 0 bridgehead atoms. The van der Waals surface area contributed by atoms with Crippen LogP contribution in [0.1, 0.15) is 26.7 Å². The Labute approximate surface area is 101 Å². The summed E-state index contributed by atoms with van der Waals surface area (Å²) < 4.78 is 0. The molecule has 1 unspecified atom stereocenters. The van der Waals surface area contributed by atoms with E-state index in [4.69, 9.17) is 0 Å². The van der Waals surface area contributed by atoms with E-state index >= 15 is 0 Å². The number of aromatic nitrogens is 2. The van der Waals surface area contributed by atoms with Crippen molar-refractivity contribution in [3.05, 3.63) is 5.51 Å². The molecule has 1 N–H and O–H groups in total. The van der Waals surface area contributed by atoms with Gasteiger partial charge in [-0.05, 0) is 45.7 Å². The van der Waals surface area contributed by atoms with Gasteiger partial charge in [-0.3, -0.25) is 0 Å². The van der Waals surface area contributed by atoms with E-state index in [1.165, 1.54) is 19.4 Å². The summed E-state index contributed by atoms with van der Waals surface area (Å²) in [4.78, 5) is 2.37. The highest BCUT2D eigenvalue weighted by molar-refractivity contribution is 7.13. The van der Waals surface area contributed by atoms with E-state index in [-0.39, 0.29) is 0 Å². The van der Waals surface area contributed by atoms with Gasteiger partial charge in [-0.15, -0.1) is 10.2 Å². The molecule has 0 saturated carbocycles. The first-order valence-electron chi connectivity index (χ1n) is 6.01. The summed E-state index contributed by atoms with van der Waals surface area (Å²) in [7, 11) is 0. The zero-order chi connectivity index (χ0) is 11.4. The quantitative estimate of drug-likeness (QED) is 0.870. The van der Waals surface area contributed by atoms with Gasteiger partial charge in [-0.1, -0.05) is 11.3 Å². The molecule has 1 aliphatic rings. The largest absolute Gasteiger partial charge is 0.344 e. The van der Waals surface area contributed by atoms with Gasteiger partial charge in [0.15, 0.2) is 0 Å². The first-order chi connectivity index (χ1) is 7.77. The van der Waals surface area contributed by atoms with Crippen molar-refractivity contribution in [3.8, 4) is 0 Å². The van der Waals surface area contributed by atoms with E-state index in [1.54, 1.807) is 11.3 Å². The lowest BCUT2D eigenvalue weighted by atomic mass is 9.99. The first kappa shape index (κ1) is 11.8. The number of hydrogen-bond acceptors (Lipinski definition) is 5. The predicted octanol–water partition coefficient (Wildman–Crippen LogP) is 1.75. The lowest BCUT2D eigenvalue weighted by Gasteiger charge is -2.32. The van der Waals surface area contributed by atoms with Crippen LogP contribution < -0.4 is 10.2 Å². The zero-order valence-corrected chi connectivity index (χ0v) is 10.8. The molecule has 1 saturated heterocycles. The lowest BCUT2D eigenvalue weighted by molar-refractivity contribution is 0.371. The monoisotopic (exact) mass is 240 g/mol. The summed E-state index contributed by atoms with van der Waals surface area (Å²) in [5.74, 6) is 0.750. The molecule has 1 fully saturated rings. The molecule has 0 aliphatic carbocycles. The Kier molecular flexibility index (Phi) is 4.12. The first-order valence-corrected chi connectivity index (χ1v) is 6.89. The normalized spacial score (nSPS) is 21.3. The summed E-state index contributed by atoms with van der Waals surface area (Å²) in [6, 6.07) is 0.495. The second kappa shape index (κ2) is 5.59. The van der Waals surface area contributed by atoms with Crippen molar-refractivity contribution < 1.29 is 0 Å². The number of rotatable bonds is 4. The van der Waals surface area contributed by atoms with E-state index in [1.807, 2.05) is 5.51 Å². The van der Waals surface area contributed by atoms with Crippen LogP contribution in [0.3, 0.4) is 0 Å². The van der Waals surface area contributed by atoms with Crippen LogP contribution in [0.25, 0.3) is 0 Å². The van der Waals surface area contributed by atoms with E-state index < -0.39 is 0 Å². The highest BCUT2D eigenvalue weighted by Crippen LogP contribution is 2.22. The van der Waals surface area contributed by atoms with Crippen LogP contribution in [0.15, 0.2) is 5.51 Å². The van der Waals surface area contributed by atoms with E-state index in [9.17, 15) is 0 Å². The minimum absolute atomic E-state index is 0.495. The summed E-state index contributed by atoms with van der Waals surface area (Å²) in [6.07, 6.45) is 2.63. The molecule has 0 aromatic carbocycles. The molecular formula is C11H20N4S. The topological polar surface area (TPSA) is 41.0 Å². The smallest absolute Gasteiger partial charge is 0.208 e. The number of anilines is 1. The van der Waals surface area contributed by atoms with Crippen LogP contribution in [-0.2, 0) is 0 Å². The molecule has 0 amide bonds. The third-order valence-corrected chi connectivity index (χ3v) is 3.80. The van der Waals surface area contributed by atoms with Crippen LogP contribution in [0, 0.1) is 5.92 Å². The molecule has 16 heavy (non-hydrogen) atoms. The molecule has 90 valence electrons. The molecule has 1 aromatic rings. The Morgan fingerprint density at radius 1 is 1.62 bits per heavy atom. The van der Waals surface area contributed by atoms with Gasteiger partial charge in [0.1, 0.15) is 5.51 Å². The molecule has 0 spiro atoms. The third kappa shape index (κ3) is 2.92. The average Bonchev–Trinajstić information content (AvgIpc) is 2.80. The van der Waals surface area contributed by atoms with Crippen molar-refractivity contribution in [2.45, 2.75) is 32.7 Å². The number of nitrogens with one attached hydrogen (secondary N) is 1. The second-order valence-electron chi connectivity index (χ2n) is 4.68. The Bertz CT molecular complexity index is 293. The van der Waals surface area contributed by atoms with Gasteiger partial charge in [-0.2, -0.15) is 0 Å². The lowest BCUT2D eigenvalue weighted by Crippen LogP contribution is -2.41. The molecule has 2 rings (SSSR count). The van der Waals surface area contributed by atoms with E-state index in [2.05, 4.69) is 34.3 Å². The van der Waals surface area contributed by atoms with Gasteiger partial charge in [0.05, 0.1) is 0 Å². The van der Waals surface area contributed by atoms with Crippen LogP contribution in [0.4, 0.5) is 5.13 Å². The third-order valence-electron chi connectivity index (χ3n) is 3.07. The predicted molar refractivity (Wildman–Crippen MR) is 68.0 cm³/mol. The van der Waals surface area contributed by atoms with Crippen molar-refractivity contribution in [2.75, 3.05) is 24.5 Å². The van der Waals surface area contributed by atoms with Crippen molar-refractivity contribution in [3.63, 3.8) is 0 Å². The summed E-state index contributed by atoms with van der Waals surface area (Å²) in [6.45, 7) is 7.86. The summed E-state index contributed by atoms with van der Waals surface area (Å²) in [5.41, 5.74) is 1.81. The molecule has 0 radical (unpaired) electrons. The Morgan fingerprint density at radius 2 is 2.50 bits per heavy atom. The average molecular weight is 240 g/mol. The molecule has 5 heteroatoms. The van der Waals surface area contributed by atoms with Crippen molar-refractivity contribution >= 4 is 16.5 Å². The number of piperidine rings is 1. The summed E-state index contributed by atoms with van der Waals surface area (Å²) >= 11 is 1.63. The zero-order valence-electron chi connectivity index (χ0n) is 10.0. The highest BCUT2D eigenvalue weighted by atomic mass is 32.1. The van der Waals surface area contributed by atoms with E-state index in [0.717, 1.165) is 24.1 Å². The molecule has 2 heterocycles. The van der Waals surface area contributed by atoms with Crippen molar-refractivity contribution in [1.82, 2.24) is 15.5 Å². The van der Waals surface area contributed by atoms with Gasteiger partial charge < -0.3 is 10.2 Å². The van der Waals surface area contributed by atoms with Gasteiger partial charge in [-0.25, -0.2) is 0 Å². The van der Waals surface area contributed by atoms with Gasteiger partial charge in [0.2, 0.25) is 5.13 Å². The Morgan fingerprint density at radius 3 is 3.06 bits per heavy atom. The fraction of sp³-hybridized carbons (Fsp3) is 0.818. The maximum atomic E-state index is 4.18. The maximum Gasteiger partial charge on any atom is 0.208 e. The van der Waals surface area contributed by atoms with Crippen molar-refractivity contribution in [1.29, 1.82) is 0 Å². The highest BCUT2D eigenvalue weighted by Gasteiger charge is 2.20. The summed E-state index contributed by atoms with van der Waals surface area (Å²) in [5, 5.41) is 12.6. The van der Waals surface area contributed by atoms with E-state index in [0.29, 0.717) is 6.04 Å². The van der Waals surface area contributed by atoms with Crippen LogP contribution in [-0.4, -0.2) is 35.9 Å². The van der Waals surface area contributed by atoms with Crippen molar-refractivity contribution in [2.24, 2.45) is 5.92 Å². The minimum Gasteiger partial charge on any atom is -0.344 e. The van der Waals surface area contributed by atoms with Gasteiger partial charge in [0.25, 0.3) is 0 Å². The van der Waals surface area contributed by atoms with Gasteiger partial charge >= 0.3 is 0 Å². The Balaban J connectivity index is 1.97. The molecule has 1 aromatic heterocycles. The fourth-order valence-electron chi connectivity index (χ4n) is 2.16. The van der Waals surface area contributed by atoms with Crippen LogP contribution in [0.5, 0.6) is 0 Å². The number of nitrogens with zero attached hydrogens (tertiary/aromatic N) is 3. The minimum atomic E-state index is 0.495. The molecule has 1 atom stereocenters. The second-order valence-corrected chi connectivity index (χ2v) is 5.49. The maximum absolute atomic E-state index is 4.18. The SMILES string of the molecule is CC(C)N(CC1CCCNC1)c1nncs1. The molecule has 1 aliphatic heterocycles. The molecule has 4 nitrogen and oxygen atoms in total. The van der Waals surface area contributed by atoms with Gasteiger partial charge in [0, 0.05) is 12.6 Å². The Hall–Kier alpha value is -0.680. The van der Waals surface area contributed by atoms with Crippen LogP contribution >= 0.6 is 11.3 Å².